The van der Waals surface area contributed by atoms with E-state index < -0.39 is 0 Å². The van der Waals surface area contributed by atoms with Gasteiger partial charge in [0.1, 0.15) is 0 Å². The summed E-state index contributed by atoms with van der Waals surface area (Å²) in [6.07, 6.45) is 1.72. The molecule has 102 valence electrons. The van der Waals surface area contributed by atoms with Crippen LogP contribution in [-0.2, 0) is 0 Å². The zero-order chi connectivity index (χ0) is 15.0. The third kappa shape index (κ3) is 2.21. The van der Waals surface area contributed by atoms with Gasteiger partial charge in [-0.2, -0.15) is 5.26 Å². The van der Waals surface area contributed by atoms with Crippen LogP contribution in [0.3, 0.4) is 0 Å². The van der Waals surface area contributed by atoms with E-state index in [2.05, 4.69) is 11.1 Å². The lowest BCUT2D eigenvalue weighted by atomic mass is 9.97. The number of carbonyl (C=O) groups excluding carboxylic acids is 1. The number of aryl methyl sites for hydroxylation is 2. The van der Waals surface area contributed by atoms with Gasteiger partial charge >= 0.3 is 0 Å². The minimum Gasteiger partial charge on any atom is -0.360 e. The smallest absolute Gasteiger partial charge is 0.195 e. The topological polar surface area (TPSA) is 56.6 Å². The number of ketones is 1. The maximum absolute atomic E-state index is 12.8. The molecule has 0 radical (unpaired) electrons. The maximum Gasteiger partial charge on any atom is 0.195 e. The van der Waals surface area contributed by atoms with Gasteiger partial charge in [-0.05, 0) is 37.6 Å². The van der Waals surface area contributed by atoms with Gasteiger partial charge in [0.05, 0.1) is 11.6 Å². The van der Waals surface area contributed by atoms with Crippen LogP contribution in [0.5, 0.6) is 0 Å². The quantitative estimate of drug-likeness (QED) is 0.721. The SMILES string of the molecule is Cc1ccc(C)c(C(=O)c2c[nH]c3cc(C#N)ccc23)c1. The van der Waals surface area contributed by atoms with Crippen molar-refractivity contribution >= 4 is 16.7 Å². The van der Waals surface area contributed by atoms with E-state index >= 15 is 0 Å². The third-order valence-corrected chi connectivity index (χ3v) is 3.69. The first-order valence-electron chi connectivity index (χ1n) is 6.73. The lowest BCUT2D eigenvalue weighted by Crippen LogP contribution is -2.03. The molecule has 0 unspecified atom stereocenters. The van der Waals surface area contributed by atoms with E-state index in [9.17, 15) is 4.79 Å². The van der Waals surface area contributed by atoms with Gasteiger partial charge in [-0.15, -0.1) is 0 Å². The fraction of sp³-hybridized carbons (Fsp3) is 0.111. The van der Waals surface area contributed by atoms with Crippen molar-refractivity contribution in [1.82, 2.24) is 4.98 Å². The molecule has 0 saturated carbocycles. The Bertz CT molecular complexity index is 897. The Kier molecular flexibility index (Phi) is 3.08. The summed E-state index contributed by atoms with van der Waals surface area (Å²) in [5.41, 5.74) is 4.78. The van der Waals surface area contributed by atoms with Gasteiger partial charge in [-0.3, -0.25) is 4.79 Å². The number of hydrogen-bond acceptors (Lipinski definition) is 2. The van der Waals surface area contributed by atoms with Crippen LogP contribution >= 0.6 is 0 Å². The van der Waals surface area contributed by atoms with Crippen molar-refractivity contribution in [1.29, 1.82) is 5.26 Å². The number of benzene rings is 2. The summed E-state index contributed by atoms with van der Waals surface area (Å²) in [5.74, 6) is 0.00663. The predicted octanol–water partition coefficient (Wildman–Crippen LogP) is 3.89. The molecular formula is C18H14N2O. The molecule has 3 aromatic rings. The number of aromatic nitrogens is 1. The van der Waals surface area contributed by atoms with Crippen LogP contribution in [0.25, 0.3) is 10.9 Å². The molecule has 0 atom stereocenters. The zero-order valence-electron chi connectivity index (χ0n) is 11.9. The van der Waals surface area contributed by atoms with E-state index in [1.807, 2.05) is 38.1 Å². The summed E-state index contributed by atoms with van der Waals surface area (Å²) in [5, 5.41) is 9.77. The molecule has 0 aliphatic heterocycles. The van der Waals surface area contributed by atoms with Gasteiger partial charge in [0.25, 0.3) is 0 Å². The molecule has 0 spiro atoms. The molecule has 1 aromatic heterocycles. The van der Waals surface area contributed by atoms with Crippen LogP contribution in [0.4, 0.5) is 0 Å². The lowest BCUT2D eigenvalue weighted by Gasteiger charge is -2.05. The van der Waals surface area contributed by atoms with E-state index in [0.717, 1.165) is 27.6 Å². The van der Waals surface area contributed by atoms with E-state index in [4.69, 9.17) is 5.26 Å². The molecule has 0 aliphatic carbocycles. The van der Waals surface area contributed by atoms with E-state index in [1.54, 1.807) is 18.3 Å². The fourth-order valence-electron chi connectivity index (χ4n) is 2.51. The number of nitrogens with zero attached hydrogens (tertiary/aromatic N) is 1. The largest absolute Gasteiger partial charge is 0.360 e. The van der Waals surface area contributed by atoms with Gasteiger partial charge in [-0.25, -0.2) is 0 Å². The summed E-state index contributed by atoms with van der Waals surface area (Å²) in [7, 11) is 0. The highest BCUT2D eigenvalue weighted by Gasteiger charge is 2.16. The monoisotopic (exact) mass is 274 g/mol. The van der Waals surface area contributed by atoms with Crippen LogP contribution in [0.1, 0.15) is 32.6 Å². The van der Waals surface area contributed by atoms with Gasteiger partial charge in [0.2, 0.25) is 0 Å². The molecule has 0 amide bonds. The minimum absolute atomic E-state index is 0.00663. The van der Waals surface area contributed by atoms with E-state index in [-0.39, 0.29) is 5.78 Å². The van der Waals surface area contributed by atoms with Crippen molar-refractivity contribution in [3.63, 3.8) is 0 Å². The Hall–Kier alpha value is -2.86. The standard InChI is InChI=1S/C18H14N2O/c1-11-3-4-12(2)15(7-11)18(21)16-10-20-17-8-13(9-19)5-6-14(16)17/h3-8,10,20H,1-2H3. The second kappa shape index (κ2) is 4.92. The first-order chi connectivity index (χ1) is 10.1. The highest BCUT2D eigenvalue weighted by atomic mass is 16.1. The third-order valence-electron chi connectivity index (χ3n) is 3.69. The van der Waals surface area contributed by atoms with Gasteiger partial charge < -0.3 is 4.98 Å². The number of H-pyrrole nitrogens is 1. The van der Waals surface area contributed by atoms with Gasteiger partial charge in [0, 0.05) is 28.2 Å². The number of fused-ring (bicyclic) bond motifs is 1. The second-order valence-corrected chi connectivity index (χ2v) is 5.22. The van der Waals surface area contributed by atoms with Crippen LogP contribution < -0.4 is 0 Å². The average molecular weight is 274 g/mol. The minimum atomic E-state index is 0.00663. The maximum atomic E-state index is 12.8. The molecule has 0 aliphatic rings. The normalized spacial score (nSPS) is 10.5. The molecule has 3 nitrogen and oxygen atoms in total. The van der Waals surface area contributed by atoms with Crippen LogP contribution in [0.15, 0.2) is 42.6 Å². The molecular weight excluding hydrogens is 260 g/mol. The van der Waals surface area contributed by atoms with Crippen molar-refractivity contribution in [2.45, 2.75) is 13.8 Å². The van der Waals surface area contributed by atoms with E-state index in [1.165, 1.54) is 0 Å². The Labute approximate surface area is 122 Å². The molecule has 0 fully saturated rings. The van der Waals surface area contributed by atoms with Crippen LogP contribution in [0, 0.1) is 25.2 Å². The Morgan fingerprint density at radius 1 is 1.10 bits per heavy atom. The Morgan fingerprint density at radius 2 is 1.90 bits per heavy atom. The molecule has 2 aromatic carbocycles. The van der Waals surface area contributed by atoms with Crippen molar-refractivity contribution in [2.75, 3.05) is 0 Å². The highest BCUT2D eigenvalue weighted by molar-refractivity contribution is 6.17. The van der Waals surface area contributed by atoms with Crippen molar-refractivity contribution in [2.24, 2.45) is 0 Å². The molecule has 1 heterocycles. The molecule has 0 bridgehead atoms. The summed E-state index contributed by atoms with van der Waals surface area (Å²) in [6, 6.07) is 13.3. The molecule has 0 saturated heterocycles. The average Bonchev–Trinajstić information content (AvgIpc) is 2.91. The van der Waals surface area contributed by atoms with Gasteiger partial charge in [-0.1, -0.05) is 23.8 Å². The number of aromatic amines is 1. The zero-order valence-corrected chi connectivity index (χ0v) is 11.9. The predicted molar refractivity (Wildman–Crippen MR) is 82.4 cm³/mol. The Balaban J connectivity index is 2.14. The molecule has 1 N–H and O–H groups in total. The summed E-state index contributed by atoms with van der Waals surface area (Å²) >= 11 is 0. The van der Waals surface area contributed by atoms with Crippen LogP contribution in [0.2, 0.25) is 0 Å². The lowest BCUT2D eigenvalue weighted by molar-refractivity contribution is 0.103. The molecule has 21 heavy (non-hydrogen) atoms. The first kappa shape index (κ1) is 13.1. The number of nitrogens with one attached hydrogen (secondary N) is 1. The number of carbonyl (C=O) groups is 1. The molecule has 3 rings (SSSR count). The summed E-state index contributed by atoms with van der Waals surface area (Å²) in [4.78, 5) is 15.8. The van der Waals surface area contributed by atoms with Crippen molar-refractivity contribution in [3.8, 4) is 6.07 Å². The summed E-state index contributed by atoms with van der Waals surface area (Å²) < 4.78 is 0. The second-order valence-electron chi connectivity index (χ2n) is 5.22. The van der Waals surface area contributed by atoms with Crippen molar-refractivity contribution in [3.05, 3.63) is 70.4 Å². The number of nitriles is 1. The molecule has 3 heteroatoms. The highest BCUT2D eigenvalue weighted by Crippen LogP contribution is 2.24. The number of rotatable bonds is 2. The number of hydrogen-bond donors (Lipinski definition) is 1. The van der Waals surface area contributed by atoms with Gasteiger partial charge in [0.15, 0.2) is 5.78 Å². The van der Waals surface area contributed by atoms with E-state index in [0.29, 0.717) is 11.1 Å². The Morgan fingerprint density at radius 3 is 2.67 bits per heavy atom. The first-order valence-corrected chi connectivity index (χ1v) is 6.73. The summed E-state index contributed by atoms with van der Waals surface area (Å²) in [6.45, 7) is 3.92. The fourth-order valence-corrected chi connectivity index (χ4v) is 2.51. The van der Waals surface area contributed by atoms with Crippen molar-refractivity contribution < 1.29 is 4.79 Å². The van der Waals surface area contributed by atoms with Crippen LogP contribution in [-0.4, -0.2) is 10.8 Å².